The highest BCUT2D eigenvalue weighted by Gasteiger charge is 2.19. The molecule has 0 atom stereocenters. The SMILES string of the molecule is Cc1cc(C)c2nc3c(c(CN)c2c1)CCC3. The molecule has 1 heterocycles. The quantitative estimate of drug-likeness (QED) is 0.812. The van der Waals surface area contributed by atoms with Gasteiger partial charge in [0.05, 0.1) is 5.52 Å². The standard InChI is InChI=1S/C15H18N2/c1-9-6-10(2)15-12(7-9)13(8-16)11-4-3-5-14(11)17-15/h6-7H,3-5,8,16H2,1-2H3. The molecule has 2 N–H and O–H groups in total. The molecule has 0 radical (unpaired) electrons. The second-order valence-electron chi connectivity index (χ2n) is 5.05. The lowest BCUT2D eigenvalue weighted by Gasteiger charge is -2.13. The van der Waals surface area contributed by atoms with Crippen molar-refractivity contribution in [1.29, 1.82) is 0 Å². The third kappa shape index (κ3) is 1.55. The maximum atomic E-state index is 5.96. The summed E-state index contributed by atoms with van der Waals surface area (Å²) >= 11 is 0. The Morgan fingerprint density at radius 3 is 2.82 bits per heavy atom. The van der Waals surface area contributed by atoms with Crippen molar-refractivity contribution in [3.8, 4) is 0 Å². The van der Waals surface area contributed by atoms with Crippen LogP contribution in [0.2, 0.25) is 0 Å². The molecule has 1 aromatic heterocycles. The number of aryl methyl sites for hydroxylation is 3. The molecular formula is C15H18N2. The zero-order chi connectivity index (χ0) is 12.0. The van der Waals surface area contributed by atoms with Crippen LogP contribution in [0.15, 0.2) is 12.1 Å². The summed E-state index contributed by atoms with van der Waals surface area (Å²) in [5.74, 6) is 0. The van der Waals surface area contributed by atoms with Gasteiger partial charge < -0.3 is 5.73 Å². The smallest absolute Gasteiger partial charge is 0.0738 e. The van der Waals surface area contributed by atoms with Crippen molar-refractivity contribution in [2.45, 2.75) is 39.7 Å². The molecule has 2 aromatic rings. The first kappa shape index (κ1) is 10.7. The number of aromatic nitrogens is 1. The summed E-state index contributed by atoms with van der Waals surface area (Å²) < 4.78 is 0. The highest BCUT2D eigenvalue weighted by Crippen LogP contribution is 2.31. The lowest BCUT2D eigenvalue weighted by Crippen LogP contribution is -2.05. The van der Waals surface area contributed by atoms with Gasteiger partial charge in [-0.2, -0.15) is 0 Å². The lowest BCUT2D eigenvalue weighted by atomic mass is 9.97. The molecule has 88 valence electrons. The van der Waals surface area contributed by atoms with E-state index in [1.165, 1.54) is 39.8 Å². The van der Waals surface area contributed by atoms with Crippen molar-refractivity contribution < 1.29 is 0 Å². The minimum atomic E-state index is 0.629. The molecule has 0 saturated carbocycles. The zero-order valence-electron chi connectivity index (χ0n) is 10.5. The van der Waals surface area contributed by atoms with Gasteiger partial charge in [0.15, 0.2) is 0 Å². The highest BCUT2D eigenvalue weighted by molar-refractivity contribution is 5.87. The van der Waals surface area contributed by atoms with Crippen LogP contribution in [0.25, 0.3) is 10.9 Å². The van der Waals surface area contributed by atoms with Crippen molar-refractivity contribution in [2.24, 2.45) is 5.73 Å². The average Bonchev–Trinajstić information content (AvgIpc) is 2.74. The molecule has 1 aliphatic carbocycles. The molecule has 0 fully saturated rings. The molecule has 2 nitrogen and oxygen atoms in total. The molecule has 3 rings (SSSR count). The largest absolute Gasteiger partial charge is 0.326 e. The normalized spacial score (nSPS) is 14.3. The monoisotopic (exact) mass is 226 g/mol. The summed E-state index contributed by atoms with van der Waals surface area (Å²) in [4.78, 5) is 4.85. The second-order valence-corrected chi connectivity index (χ2v) is 5.05. The first-order valence-electron chi connectivity index (χ1n) is 6.32. The van der Waals surface area contributed by atoms with Crippen LogP contribution in [0, 0.1) is 13.8 Å². The van der Waals surface area contributed by atoms with Crippen LogP contribution >= 0.6 is 0 Å². The van der Waals surface area contributed by atoms with Gasteiger partial charge in [-0.3, -0.25) is 4.98 Å². The fourth-order valence-electron chi connectivity index (χ4n) is 3.05. The van der Waals surface area contributed by atoms with Crippen LogP contribution in [-0.2, 0) is 19.4 Å². The Balaban J connectivity index is 2.45. The number of nitrogens with zero attached hydrogens (tertiary/aromatic N) is 1. The Morgan fingerprint density at radius 2 is 2.06 bits per heavy atom. The van der Waals surface area contributed by atoms with Crippen LogP contribution in [0.5, 0.6) is 0 Å². The maximum Gasteiger partial charge on any atom is 0.0738 e. The minimum absolute atomic E-state index is 0.629. The predicted octanol–water partition coefficient (Wildman–Crippen LogP) is 2.80. The summed E-state index contributed by atoms with van der Waals surface area (Å²) in [6.07, 6.45) is 3.49. The number of pyridine rings is 1. The number of nitrogens with two attached hydrogens (primary N) is 1. The number of benzene rings is 1. The second kappa shape index (κ2) is 3.81. The van der Waals surface area contributed by atoms with E-state index >= 15 is 0 Å². The zero-order valence-corrected chi connectivity index (χ0v) is 10.5. The van der Waals surface area contributed by atoms with Crippen LogP contribution in [-0.4, -0.2) is 4.98 Å². The van der Waals surface area contributed by atoms with E-state index in [0.29, 0.717) is 6.54 Å². The molecule has 2 heteroatoms. The molecule has 0 aliphatic heterocycles. The van der Waals surface area contributed by atoms with E-state index in [1.807, 2.05) is 0 Å². The Labute approximate surface area is 102 Å². The van der Waals surface area contributed by atoms with Crippen LogP contribution < -0.4 is 5.73 Å². The van der Waals surface area contributed by atoms with Crippen LogP contribution in [0.3, 0.4) is 0 Å². The van der Waals surface area contributed by atoms with Gasteiger partial charge in [0.2, 0.25) is 0 Å². The van der Waals surface area contributed by atoms with E-state index in [0.717, 1.165) is 18.4 Å². The number of hydrogen-bond acceptors (Lipinski definition) is 2. The Bertz CT molecular complexity index is 600. The summed E-state index contributed by atoms with van der Waals surface area (Å²) in [6.45, 7) is 4.91. The minimum Gasteiger partial charge on any atom is -0.326 e. The Kier molecular flexibility index (Phi) is 2.40. The third-order valence-corrected chi connectivity index (χ3v) is 3.77. The summed E-state index contributed by atoms with van der Waals surface area (Å²) in [7, 11) is 0. The molecule has 0 amide bonds. The maximum absolute atomic E-state index is 5.96. The molecular weight excluding hydrogens is 208 g/mol. The van der Waals surface area contributed by atoms with Gasteiger partial charge in [-0.1, -0.05) is 11.6 Å². The van der Waals surface area contributed by atoms with Gasteiger partial charge >= 0.3 is 0 Å². The van der Waals surface area contributed by atoms with E-state index in [9.17, 15) is 0 Å². The van der Waals surface area contributed by atoms with Gasteiger partial charge in [-0.15, -0.1) is 0 Å². The van der Waals surface area contributed by atoms with E-state index in [1.54, 1.807) is 0 Å². The first-order chi connectivity index (χ1) is 8.20. The van der Waals surface area contributed by atoms with Crippen LogP contribution in [0.1, 0.15) is 34.4 Å². The predicted molar refractivity (Wildman–Crippen MR) is 71.1 cm³/mol. The topological polar surface area (TPSA) is 38.9 Å². The summed E-state index contributed by atoms with van der Waals surface area (Å²) in [5, 5.41) is 1.27. The summed E-state index contributed by atoms with van der Waals surface area (Å²) in [6, 6.07) is 4.44. The number of rotatable bonds is 1. The Morgan fingerprint density at radius 1 is 1.24 bits per heavy atom. The van der Waals surface area contributed by atoms with Crippen molar-refractivity contribution in [2.75, 3.05) is 0 Å². The molecule has 1 aliphatic rings. The molecule has 0 saturated heterocycles. The van der Waals surface area contributed by atoms with E-state index in [-0.39, 0.29) is 0 Å². The van der Waals surface area contributed by atoms with E-state index < -0.39 is 0 Å². The van der Waals surface area contributed by atoms with E-state index in [2.05, 4.69) is 26.0 Å². The first-order valence-corrected chi connectivity index (χ1v) is 6.32. The Hall–Kier alpha value is -1.41. The molecule has 0 bridgehead atoms. The summed E-state index contributed by atoms with van der Waals surface area (Å²) in [5.41, 5.74) is 13.7. The fourth-order valence-corrected chi connectivity index (χ4v) is 3.05. The van der Waals surface area contributed by atoms with Gasteiger partial charge in [0, 0.05) is 17.6 Å². The fraction of sp³-hybridized carbons (Fsp3) is 0.400. The molecule has 17 heavy (non-hydrogen) atoms. The van der Waals surface area contributed by atoms with Gasteiger partial charge in [0.25, 0.3) is 0 Å². The molecule has 0 spiro atoms. The van der Waals surface area contributed by atoms with Crippen molar-refractivity contribution >= 4 is 10.9 Å². The number of fused-ring (bicyclic) bond motifs is 2. The van der Waals surface area contributed by atoms with Crippen molar-refractivity contribution in [3.63, 3.8) is 0 Å². The third-order valence-electron chi connectivity index (χ3n) is 3.77. The highest BCUT2D eigenvalue weighted by atomic mass is 14.7. The molecule has 0 unspecified atom stereocenters. The van der Waals surface area contributed by atoms with Crippen molar-refractivity contribution in [1.82, 2.24) is 4.98 Å². The lowest BCUT2D eigenvalue weighted by molar-refractivity contribution is 0.896. The van der Waals surface area contributed by atoms with Gasteiger partial charge in [-0.25, -0.2) is 0 Å². The van der Waals surface area contributed by atoms with Crippen LogP contribution in [0.4, 0.5) is 0 Å². The number of hydrogen-bond donors (Lipinski definition) is 1. The van der Waals surface area contributed by atoms with Gasteiger partial charge in [0.1, 0.15) is 0 Å². The van der Waals surface area contributed by atoms with E-state index in [4.69, 9.17) is 10.7 Å². The van der Waals surface area contributed by atoms with Gasteiger partial charge in [-0.05, 0) is 55.9 Å². The van der Waals surface area contributed by atoms with Crippen molar-refractivity contribution in [3.05, 3.63) is 40.1 Å². The average molecular weight is 226 g/mol. The molecule has 1 aromatic carbocycles.